The number of rotatable bonds is 2. The largest absolute Gasteiger partial charge is 0.426 e. The first-order valence-electron chi connectivity index (χ1n) is 7.88. The average molecular weight is 365 g/mol. The van der Waals surface area contributed by atoms with Gasteiger partial charge in [-0.1, -0.05) is 0 Å². The monoisotopic (exact) mass is 365 g/mol. The van der Waals surface area contributed by atoms with Gasteiger partial charge in [0.25, 0.3) is 0 Å². The normalized spacial score (nSPS) is 19.7. The Balaban J connectivity index is 2.23. The van der Waals surface area contributed by atoms with Crippen molar-refractivity contribution in [1.29, 1.82) is 0 Å². The van der Waals surface area contributed by atoms with E-state index in [2.05, 4.69) is 9.97 Å². The van der Waals surface area contributed by atoms with Gasteiger partial charge in [-0.15, -0.1) is 4.48 Å². The third-order valence-corrected chi connectivity index (χ3v) is 4.56. The number of amides is 2. The Bertz CT molecular complexity index is 881. The molecule has 3 rings (SSSR count). The number of aldehydes is 1. The molecule has 26 heavy (non-hydrogen) atoms. The highest BCUT2D eigenvalue weighted by atomic mass is 19.4. The SMILES string of the molecule is Cc1cc2c(nc1C=O)[N+](C(N)=O)(c1ccc(C(F)(F)F)cn1)CCC2. The van der Waals surface area contributed by atoms with Crippen LogP contribution in [0.4, 0.5) is 29.6 Å². The molecule has 0 radical (unpaired) electrons. The van der Waals surface area contributed by atoms with Crippen molar-refractivity contribution in [2.24, 2.45) is 5.73 Å². The number of hydrogen-bond donors (Lipinski definition) is 1. The summed E-state index contributed by atoms with van der Waals surface area (Å²) in [6.07, 6.45) is -2.11. The summed E-state index contributed by atoms with van der Waals surface area (Å²) in [5, 5.41) is 0. The van der Waals surface area contributed by atoms with Crippen molar-refractivity contribution in [3.05, 3.63) is 46.8 Å². The molecule has 2 N–H and O–H groups in total. The first-order valence-corrected chi connectivity index (χ1v) is 7.88. The number of halogens is 3. The smallest absolute Gasteiger partial charge is 0.318 e. The number of hydrogen-bond acceptors (Lipinski definition) is 4. The Morgan fingerprint density at radius 3 is 2.62 bits per heavy atom. The van der Waals surface area contributed by atoms with E-state index in [1.54, 1.807) is 13.0 Å². The predicted molar refractivity (Wildman–Crippen MR) is 87.8 cm³/mol. The van der Waals surface area contributed by atoms with Crippen molar-refractivity contribution < 1.29 is 22.8 Å². The minimum atomic E-state index is -4.54. The van der Waals surface area contributed by atoms with Crippen LogP contribution in [0.2, 0.25) is 0 Å². The zero-order valence-corrected chi connectivity index (χ0v) is 13.9. The molecule has 3 heterocycles. The summed E-state index contributed by atoms with van der Waals surface area (Å²) in [4.78, 5) is 31.8. The number of aromatic nitrogens is 2. The maximum Gasteiger partial charge on any atom is 0.426 e. The van der Waals surface area contributed by atoms with E-state index in [0.717, 1.165) is 17.7 Å². The van der Waals surface area contributed by atoms with E-state index in [9.17, 15) is 22.8 Å². The Morgan fingerprint density at radius 2 is 2.08 bits per heavy atom. The minimum absolute atomic E-state index is 0.0413. The Kier molecular flexibility index (Phi) is 4.27. The number of pyridine rings is 2. The maximum atomic E-state index is 12.8. The van der Waals surface area contributed by atoms with Crippen LogP contribution in [0.1, 0.15) is 33.6 Å². The Morgan fingerprint density at radius 1 is 1.35 bits per heavy atom. The van der Waals surface area contributed by atoms with Gasteiger partial charge in [-0.3, -0.25) is 4.79 Å². The van der Waals surface area contributed by atoms with Crippen LogP contribution in [0.25, 0.3) is 0 Å². The quantitative estimate of drug-likeness (QED) is 0.654. The summed E-state index contributed by atoms with van der Waals surface area (Å²) >= 11 is 0. The van der Waals surface area contributed by atoms with E-state index < -0.39 is 22.3 Å². The lowest BCUT2D eigenvalue weighted by atomic mass is 10.00. The van der Waals surface area contributed by atoms with E-state index in [1.807, 2.05) is 0 Å². The zero-order chi connectivity index (χ0) is 19.1. The fraction of sp³-hybridized carbons (Fsp3) is 0.294. The fourth-order valence-electron chi connectivity index (χ4n) is 3.25. The molecule has 9 heteroatoms. The van der Waals surface area contributed by atoms with Crippen LogP contribution >= 0.6 is 0 Å². The van der Waals surface area contributed by atoms with Crippen molar-refractivity contribution in [1.82, 2.24) is 14.5 Å². The molecule has 0 fully saturated rings. The number of fused-ring (bicyclic) bond motifs is 1. The van der Waals surface area contributed by atoms with E-state index >= 15 is 0 Å². The first kappa shape index (κ1) is 18.0. The lowest BCUT2D eigenvalue weighted by molar-refractivity contribution is -0.137. The molecule has 0 aliphatic carbocycles. The average Bonchev–Trinajstić information content (AvgIpc) is 2.59. The molecule has 1 aliphatic rings. The summed E-state index contributed by atoms with van der Waals surface area (Å²) in [6.45, 7) is 1.93. The number of primary amides is 1. The number of carbonyl (C=O) groups is 2. The Hall–Kier alpha value is -2.81. The molecule has 136 valence electrons. The molecular formula is C17H16F3N4O2+. The van der Waals surface area contributed by atoms with Crippen LogP contribution in [0.3, 0.4) is 0 Å². The number of carbonyl (C=O) groups excluding carboxylic acids is 2. The highest BCUT2D eigenvalue weighted by Gasteiger charge is 2.47. The molecule has 6 nitrogen and oxygen atoms in total. The summed E-state index contributed by atoms with van der Waals surface area (Å²) in [5.41, 5.74) is 6.25. The molecule has 2 aromatic heterocycles. The molecule has 0 saturated carbocycles. The number of aryl methyl sites for hydroxylation is 2. The molecular weight excluding hydrogens is 349 g/mol. The van der Waals surface area contributed by atoms with E-state index in [4.69, 9.17) is 5.73 Å². The third-order valence-electron chi connectivity index (χ3n) is 4.56. The Labute approximate surface area is 147 Å². The number of alkyl halides is 3. The van der Waals surface area contributed by atoms with Crippen molar-refractivity contribution in [3.63, 3.8) is 0 Å². The lowest BCUT2D eigenvalue weighted by Gasteiger charge is -2.35. The van der Waals surface area contributed by atoms with Gasteiger partial charge >= 0.3 is 12.2 Å². The number of nitrogens with two attached hydrogens (primary N) is 1. The zero-order valence-electron chi connectivity index (χ0n) is 13.9. The minimum Gasteiger partial charge on any atom is -0.318 e. The molecule has 1 unspecified atom stereocenters. The van der Waals surface area contributed by atoms with Gasteiger partial charge in [-0.05, 0) is 31.0 Å². The van der Waals surface area contributed by atoms with Gasteiger partial charge in [-0.2, -0.15) is 18.2 Å². The van der Waals surface area contributed by atoms with Crippen molar-refractivity contribution >= 4 is 24.0 Å². The fourth-order valence-corrected chi connectivity index (χ4v) is 3.25. The molecule has 1 aliphatic heterocycles. The van der Waals surface area contributed by atoms with E-state index in [1.165, 1.54) is 0 Å². The van der Waals surface area contributed by atoms with Gasteiger partial charge < -0.3 is 5.73 Å². The number of urea groups is 1. The van der Waals surface area contributed by atoms with Crippen molar-refractivity contribution in [3.8, 4) is 0 Å². The summed E-state index contributed by atoms with van der Waals surface area (Å²) < 4.78 is 37.8. The third kappa shape index (κ3) is 2.74. The van der Waals surface area contributed by atoms with Crippen LogP contribution in [-0.2, 0) is 12.6 Å². The molecule has 0 bridgehead atoms. The summed E-state index contributed by atoms with van der Waals surface area (Å²) in [6, 6.07) is 2.93. The van der Waals surface area contributed by atoms with Crippen molar-refractivity contribution in [2.45, 2.75) is 25.9 Å². The van der Waals surface area contributed by atoms with Gasteiger partial charge in [0.1, 0.15) is 12.2 Å². The summed E-state index contributed by atoms with van der Waals surface area (Å²) in [5.74, 6) is 0.281. The van der Waals surface area contributed by atoms with Crippen LogP contribution in [0, 0.1) is 6.92 Å². The predicted octanol–water partition coefficient (Wildman–Crippen LogP) is 3.28. The second-order valence-corrected chi connectivity index (χ2v) is 6.17. The lowest BCUT2D eigenvalue weighted by Crippen LogP contribution is -2.56. The van der Waals surface area contributed by atoms with Gasteiger partial charge in [0, 0.05) is 24.2 Å². The molecule has 2 aromatic rings. The van der Waals surface area contributed by atoms with E-state index in [0.29, 0.717) is 30.9 Å². The first-order chi connectivity index (χ1) is 12.2. The summed E-state index contributed by atoms with van der Waals surface area (Å²) in [7, 11) is 0. The standard InChI is InChI=1S/C17H15F3N4O2/c1-10-7-11-3-2-6-24(16(21)26,15(11)23-13(10)9-25)14-5-4-12(8-22-14)17(18,19)20/h4-5,7-9H,2-3,6H2,1H3,(H-,21,26)/p+1. The highest BCUT2D eigenvalue weighted by Crippen LogP contribution is 2.40. The maximum absolute atomic E-state index is 12.8. The van der Waals surface area contributed by atoms with Gasteiger partial charge in [-0.25, -0.2) is 9.78 Å². The van der Waals surface area contributed by atoms with Crippen LogP contribution < -0.4 is 10.2 Å². The van der Waals surface area contributed by atoms with Crippen molar-refractivity contribution in [2.75, 3.05) is 6.54 Å². The second-order valence-electron chi connectivity index (χ2n) is 6.17. The number of quaternary nitrogens is 1. The molecule has 2 amide bonds. The molecule has 0 spiro atoms. The van der Waals surface area contributed by atoms with Crippen LogP contribution in [0.15, 0.2) is 24.4 Å². The van der Waals surface area contributed by atoms with Gasteiger partial charge in [0.2, 0.25) is 11.6 Å². The van der Waals surface area contributed by atoms with Crippen LogP contribution in [-0.4, -0.2) is 28.8 Å². The second kappa shape index (κ2) is 6.17. The van der Waals surface area contributed by atoms with E-state index in [-0.39, 0.29) is 23.9 Å². The molecule has 0 saturated heterocycles. The van der Waals surface area contributed by atoms with Gasteiger partial charge in [0.05, 0.1) is 5.56 Å². The highest BCUT2D eigenvalue weighted by molar-refractivity contribution is 5.92. The number of nitrogens with zero attached hydrogens (tertiary/aromatic N) is 3. The molecule has 0 aromatic carbocycles. The van der Waals surface area contributed by atoms with Gasteiger partial charge in [0.15, 0.2) is 6.29 Å². The van der Waals surface area contributed by atoms with Crippen LogP contribution in [0.5, 0.6) is 0 Å². The topological polar surface area (TPSA) is 85.9 Å². The molecule has 1 atom stereocenters.